The zero-order valence-corrected chi connectivity index (χ0v) is 8.60. The Labute approximate surface area is 80.0 Å². The van der Waals surface area contributed by atoms with Gasteiger partial charge >= 0.3 is 0 Å². The first-order valence-corrected chi connectivity index (χ1v) is 4.93. The quantitative estimate of drug-likeness (QED) is 0.652. The van der Waals surface area contributed by atoms with E-state index < -0.39 is 0 Å². The lowest BCUT2D eigenvalue weighted by atomic mass is 10.3. The van der Waals surface area contributed by atoms with Crippen molar-refractivity contribution in [3.63, 3.8) is 0 Å². The van der Waals surface area contributed by atoms with Gasteiger partial charge in [-0.25, -0.2) is 4.98 Å². The molecule has 0 fully saturated rings. The summed E-state index contributed by atoms with van der Waals surface area (Å²) in [6, 6.07) is 0. The van der Waals surface area contributed by atoms with E-state index in [1.807, 2.05) is 23.6 Å². The molecule has 0 spiro atoms. The van der Waals surface area contributed by atoms with Gasteiger partial charge in [-0.2, -0.15) is 0 Å². The number of carbonyl (C=O) groups excluding carboxylic acids is 1. The van der Waals surface area contributed by atoms with Crippen LogP contribution in [0.15, 0.2) is 5.38 Å². The molecule has 0 aromatic carbocycles. The second-order valence-corrected chi connectivity index (χ2v) is 3.91. The molecule has 0 saturated carbocycles. The molecule has 2 heterocycles. The molecule has 13 heavy (non-hydrogen) atoms. The molecule has 3 nitrogen and oxygen atoms in total. The first-order chi connectivity index (χ1) is 6.11. The van der Waals surface area contributed by atoms with Crippen LogP contribution in [0.4, 0.5) is 0 Å². The maximum Gasteiger partial charge on any atom is 0.194 e. The molecule has 68 valence electrons. The third-order valence-corrected chi connectivity index (χ3v) is 3.02. The fraction of sp³-hybridized carbons (Fsp3) is 0.333. The summed E-state index contributed by atoms with van der Waals surface area (Å²) in [6.45, 7) is 5.52. The molecule has 0 bridgehead atoms. The van der Waals surface area contributed by atoms with Crippen molar-refractivity contribution in [2.75, 3.05) is 0 Å². The van der Waals surface area contributed by atoms with E-state index in [0.29, 0.717) is 0 Å². The number of imidazole rings is 1. The molecule has 2 aromatic heterocycles. The lowest BCUT2D eigenvalue weighted by Gasteiger charge is -1.95. The average molecular weight is 194 g/mol. The number of aromatic nitrogens is 2. The van der Waals surface area contributed by atoms with Gasteiger partial charge in [0.1, 0.15) is 5.69 Å². The van der Waals surface area contributed by atoms with Gasteiger partial charge < -0.3 is 0 Å². The highest BCUT2D eigenvalue weighted by molar-refractivity contribution is 7.15. The summed E-state index contributed by atoms with van der Waals surface area (Å²) < 4.78 is 1.92. The Morgan fingerprint density at radius 3 is 2.85 bits per heavy atom. The van der Waals surface area contributed by atoms with Gasteiger partial charge in [0.25, 0.3) is 0 Å². The Balaban J connectivity index is 2.85. The molecule has 2 rings (SSSR count). The van der Waals surface area contributed by atoms with Crippen molar-refractivity contribution in [1.82, 2.24) is 9.38 Å². The van der Waals surface area contributed by atoms with Gasteiger partial charge in [0.05, 0.1) is 5.69 Å². The van der Waals surface area contributed by atoms with E-state index in [-0.39, 0.29) is 5.78 Å². The smallest absolute Gasteiger partial charge is 0.194 e. The number of thiazole rings is 1. The van der Waals surface area contributed by atoms with E-state index in [1.165, 1.54) is 11.3 Å². The summed E-state index contributed by atoms with van der Waals surface area (Å²) in [4.78, 5) is 16.5. The molecule has 0 aliphatic heterocycles. The number of hydrogen-bond acceptors (Lipinski definition) is 3. The Kier molecular flexibility index (Phi) is 1.73. The predicted octanol–water partition coefficient (Wildman–Crippen LogP) is 2.22. The first kappa shape index (κ1) is 8.44. The Morgan fingerprint density at radius 1 is 1.54 bits per heavy atom. The zero-order chi connectivity index (χ0) is 9.59. The van der Waals surface area contributed by atoms with E-state index in [2.05, 4.69) is 4.98 Å². The topological polar surface area (TPSA) is 34.4 Å². The molecule has 0 radical (unpaired) electrons. The maximum absolute atomic E-state index is 11.2. The van der Waals surface area contributed by atoms with Crippen LogP contribution in [0.1, 0.15) is 28.8 Å². The van der Waals surface area contributed by atoms with Crippen LogP contribution in [0.3, 0.4) is 0 Å². The minimum Gasteiger partial charge on any atom is -0.293 e. The van der Waals surface area contributed by atoms with Crippen LogP contribution in [0, 0.1) is 13.8 Å². The zero-order valence-electron chi connectivity index (χ0n) is 7.79. The summed E-state index contributed by atoms with van der Waals surface area (Å²) >= 11 is 1.51. The van der Waals surface area contributed by atoms with Gasteiger partial charge in [0.2, 0.25) is 0 Å². The normalized spacial score (nSPS) is 11.0. The largest absolute Gasteiger partial charge is 0.293 e. The molecular formula is C9H10N2OS. The van der Waals surface area contributed by atoms with Crippen LogP contribution in [-0.4, -0.2) is 15.2 Å². The lowest BCUT2D eigenvalue weighted by Crippen LogP contribution is -1.98. The van der Waals surface area contributed by atoms with Crippen LogP contribution >= 0.6 is 11.3 Å². The SMILES string of the molecule is CC(=O)c1csc2nc(C)c(C)n12. The summed E-state index contributed by atoms with van der Waals surface area (Å²) in [5.74, 6) is 0.0896. The number of fused-ring (bicyclic) bond motifs is 1. The molecular weight excluding hydrogens is 184 g/mol. The average Bonchev–Trinajstić information content (AvgIpc) is 2.55. The van der Waals surface area contributed by atoms with Crippen molar-refractivity contribution in [3.05, 3.63) is 22.5 Å². The van der Waals surface area contributed by atoms with E-state index in [4.69, 9.17) is 0 Å². The van der Waals surface area contributed by atoms with Gasteiger partial charge in [-0.05, 0) is 13.8 Å². The van der Waals surface area contributed by atoms with Gasteiger partial charge in [-0.3, -0.25) is 9.20 Å². The van der Waals surface area contributed by atoms with Crippen molar-refractivity contribution in [3.8, 4) is 0 Å². The van der Waals surface area contributed by atoms with Crippen molar-refractivity contribution in [2.45, 2.75) is 20.8 Å². The first-order valence-electron chi connectivity index (χ1n) is 4.05. The predicted molar refractivity (Wildman–Crippen MR) is 52.5 cm³/mol. The van der Waals surface area contributed by atoms with E-state index >= 15 is 0 Å². The third kappa shape index (κ3) is 1.09. The minimum absolute atomic E-state index is 0.0896. The van der Waals surface area contributed by atoms with Gasteiger partial charge in [-0.15, -0.1) is 11.3 Å². The van der Waals surface area contributed by atoms with Crippen LogP contribution < -0.4 is 0 Å². The van der Waals surface area contributed by atoms with Crippen LogP contribution in [0.5, 0.6) is 0 Å². The number of aryl methyl sites for hydroxylation is 2. The highest BCUT2D eigenvalue weighted by atomic mass is 32.1. The van der Waals surface area contributed by atoms with Crippen LogP contribution in [-0.2, 0) is 0 Å². The number of Topliss-reactive ketones (excluding diaryl/α,β-unsaturated/α-hetero) is 1. The Hall–Kier alpha value is -1.16. The fourth-order valence-electron chi connectivity index (χ4n) is 1.34. The third-order valence-electron chi connectivity index (χ3n) is 2.19. The molecule has 0 atom stereocenters. The van der Waals surface area contributed by atoms with Crippen molar-refractivity contribution >= 4 is 22.1 Å². The van der Waals surface area contributed by atoms with E-state index in [1.54, 1.807) is 6.92 Å². The second-order valence-electron chi connectivity index (χ2n) is 3.08. The van der Waals surface area contributed by atoms with E-state index in [0.717, 1.165) is 22.0 Å². The highest BCUT2D eigenvalue weighted by Crippen LogP contribution is 2.20. The number of carbonyl (C=O) groups is 1. The van der Waals surface area contributed by atoms with Gasteiger partial charge in [0.15, 0.2) is 10.7 Å². The summed E-state index contributed by atoms with van der Waals surface area (Å²) in [5.41, 5.74) is 2.79. The molecule has 0 aliphatic carbocycles. The van der Waals surface area contributed by atoms with Crippen molar-refractivity contribution in [1.29, 1.82) is 0 Å². The minimum atomic E-state index is 0.0896. The summed E-state index contributed by atoms with van der Waals surface area (Å²) in [5, 5.41) is 1.86. The monoisotopic (exact) mass is 194 g/mol. The highest BCUT2D eigenvalue weighted by Gasteiger charge is 2.12. The number of hydrogen-bond donors (Lipinski definition) is 0. The lowest BCUT2D eigenvalue weighted by molar-refractivity contribution is 0.101. The molecule has 0 saturated heterocycles. The summed E-state index contributed by atoms with van der Waals surface area (Å²) in [7, 11) is 0. The number of nitrogens with zero attached hydrogens (tertiary/aromatic N) is 2. The Bertz CT molecular complexity index is 481. The fourth-order valence-corrected chi connectivity index (χ4v) is 2.36. The van der Waals surface area contributed by atoms with Gasteiger partial charge in [0, 0.05) is 18.0 Å². The molecule has 4 heteroatoms. The van der Waals surface area contributed by atoms with Crippen LogP contribution in [0.2, 0.25) is 0 Å². The molecule has 0 unspecified atom stereocenters. The maximum atomic E-state index is 11.2. The summed E-state index contributed by atoms with van der Waals surface area (Å²) in [6.07, 6.45) is 0. The standard InChI is InChI=1S/C9H10N2OS/c1-5-6(2)11-8(7(3)12)4-13-9(11)10-5/h4H,1-3H3. The van der Waals surface area contributed by atoms with Crippen molar-refractivity contribution < 1.29 is 4.79 Å². The molecule has 0 aliphatic rings. The number of ketones is 1. The number of rotatable bonds is 1. The van der Waals surface area contributed by atoms with E-state index in [9.17, 15) is 4.79 Å². The van der Waals surface area contributed by atoms with Crippen molar-refractivity contribution in [2.24, 2.45) is 0 Å². The molecule has 0 amide bonds. The second kappa shape index (κ2) is 2.67. The molecule has 2 aromatic rings. The Morgan fingerprint density at radius 2 is 2.23 bits per heavy atom. The molecule has 0 N–H and O–H groups in total. The van der Waals surface area contributed by atoms with Crippen LogP contribution in [0.25, 0.3) is 4.96 Å². The van der Waals surface area contributed by atoms with Gasteiger partial charge in [-0.1, -0.05) is 0 Å².